The number of carbonyl (C=O) groups excluding carboxylic acids is 1. The van der Waals surface area contributed by atoms with Crippen LogP contribution >= 0.6 is 0 Å². The number of benzene rings is 2. The third kappa shape index (κ3) is 9.09. The number of nitrogens with one attached hydrogen (secondary N) is 1. The summed E-state index contributed by atoms with van der Waals surface area (Å²) in [4.78, 5) is 31.5. The van der Waals surface area contributed by atoms with Crippen molar-refractivity contribution in [3.8, 4) is 12.0 Å². The molecule has 0 saturated carbocycles. The molecule has 0 atom stereocenters. The average molecular weight is 802 g/mol. The molecule has 0 fully saturated rings. The molecule has 1 amide bonds. The number of aryl methyl sites for hydroxylation is 4. The van der Waals surface area contributed by atoms with E-state index in [1.165, 1.54) is 75.9 Å². The van der Waals surface area contributed by atoms with Crippen molar-refractivity contribution in [2.75, 3.05) is 49.1 Å². The lowest BCUT2D eigenvalue weighted by atomic mass is 9.98. The number of carbonyl (C=O) groups is 1. The van der Waals surface area contributed by atoms with Crippen LogP contribution in [-0.4, -0.2) is 76.6 Å². The molecule has 56 heavy (non-hydrogen) atoms. The van der Waals surface area contributed by atoms with Crippen molar-refractivity contribution in [2.45, 2.75) is 87.1 Å². The SMILES string of the molecule is CN(C)c1cncc(S(=O)(=O)CC(=O)Nc2c3c(cc4c2CCC4)CCC3)n1.CN(C)c1cncc(S(N)(=O)=O)n1.N#COc1c2c(cc3c1CCC3)CCC2. The van der Waals surface area contributed by atoms with E-state index in [0.717, 1.165) is 81.8 Å². The van der Waals surface area contributed by atoms with E-state index in [2.05, 4.69) is 37.4 Å². The molecule has 296 valence electrons. The fourth-order valence-electron chi connectivity index (χ4n) is 7.72. The lowest BCUT2D eigenvalue weighted by Crippen LogP contribution is -2.25. The van der Waals surface area contributed by atoms with Gasteiger partial charge in [0.25, 0.3) is 16.3 Å². The largest absolute Gasteiger partial charge is 0.387 e. The highest BCUT2D eigenvalue weighted by molar-refractivity contribution is 7.92. The number of ether oxygens (including phenoxy) is 1. The summed E-state index contributed by atoms with van der Waals surface area (Å²) in [6, 6.07) is 4.62. The van der Waals surface area contributed by atoms with Crippen molar-refractivity contribution >= 4 is 43.1 Å². The molecule has 2 aromatic carbocycles. The Kier molecular flexibility index (Phi) is 12.2. The number of sulfone groups is 1. The smallest absolute Gasteiger partial charge is 0.292 e. The lowest BCUT2D eigenvalue weighted by molar-refractivity contribution is -0.113. The van der Waals surface area contributed by atoms with Crippen molar-refractivity contribution in [3.05, 3.63) is 81.4 Å². The molecule has 0 unspecified atom stereocenters. The molecule has 0 radical (unpaired) electrons. The van der Waals surface area contributed by atoms with Crippen molar-refractivity contribution in [1.82, 2.24) is 19.9 Å². The van der Waals surface area contributed by atoms with E-state index in [9.17, 15) is 21.6 Å². The minimum absolute atomic E-state index is 0.183. The topological polar surface area (TPSA) is 214 Å². The number of aromatic nitrogens is 4. The molecule has 2 heterocycles. The van der Waals surface area contributed by atoms with Gasteiger partial charge in [0.2, 0.25) is 15.7 Å². The average Bonchev–Trinajstić information content (AvgIpc) is 3.99. The van der Waals surface area contributed by atoms with Gasteiger partial charge in [-0.25, -0.2) is 31.9 Å². The van der Waals surface area contributed by atoms with Crippen molar-refractivity contribution in [1.29, 1.82) is 5.26 Å². The fourth-order valence-corrected chi connectivity index (χ4v) is 9.16. The summed E-state index contributed by atoms with van der Waals surface area (Å²) in [6.07, 6.45) is 20.0. The molecule has 4 aliphatic carbocycles. The van der Waals surface area contributed by atoms with Gasteiger partial charge in [0.1, 0.15) is 23.1 Å². The van der Waals surface area contributed by atoms with E-state index in [-0.39, 0.29) is 10.1 Å². The minimum Gasteiger partial charge on any atom is -0.387 e. The molecular formula is C39H47N9O6S2. The number of amides is 1. The first-order chi connectivity index (χ1) is 26.7. The predicted octanol–water partition coefficient (Wildman–Crippen LogP) is 3.65. The van der Waals surface area contributed by atoms with E-state index < -0.39 is 31.5 Å². The van der Waals surface area contributed by atoms with Gasteiger partial charge in [0.05, 0.1) is 24.8 Å². The number of rotatable bonds is 8. The summed E-state index contributed by atoms with van der Waals surface area (Å²) in [5.41, 5.74) is 11.3. The van der Waals surface area contributed by atoms with Crippen LogP contribution < -0.4 is 25.0 Å². The Balaban J connectivity index is 0.000000159. The monoisotopic (exact) mass is 801 g/mol. The molecule has 0 saturated heterocycles. The Hall–Kier alpha value is -5.18. The van der Waals surface area contributed by atoms with Crippen LogP contribution in [0.25, 0.3) is 0 Å². The van der Waals surface area contributed by atoms with Gasteiger partial charge in [-0.15, -0.1) is 5.26 Å². The van der Waals surface area contributed by atoms with Crippen molar-refractivity contribution in [3.63, 3.8) is 0 Å². The number of nitriles is 1. The number of hydrogen-bond donors (Lipinski definition) is 2. The summed E-state index contributed by atoms with van der Waals surface area (Å²) in [5, 5.41) is 16.1. The molecule has 17 heteroatoms. The number of anilines is 3. The zero-order chi connectivity index (χ0) is 40.2. The maximum Gasteiger partial charge on any atom is 0.292 e. The lowest BCUT2D eigenvalue weighted by Gasteiger charge is -2.16. The Labute approximate surface area is 328 Å². The molecule has 4 aliphatic rings. The molecule has 3 N–H and O–H groups in total. The third-order valence-corrected chi connectivity index (χ3v) is 12.6. The minimum atomic E-state index is -3.88. The summed E-state index contributed by atoms with van der Waals surface area (Å²) in [7, 11) is -0.662. The summed E-state index contributed by atoms with van der Waals surface area (Å²) in [6.45, 7) is 0. The normalized spacial score (nSPS) is 14.8. The summed E-state index contributed by atoms with van der Waals surface area (Å²) < 4.78 is 52.3. The Morgan fingerprint density at radius 3 is 1.59 bits per heavy atom. The van der Waals surface area contributed by atoms with Gasteiger partial charge in [-0.3, -0.25) is 14.8 Å². The molecule has 4 aromatic rings. The first-order valence-corrected chi connectivity index (χ1v) is 21.8. The zero-order valence-electron chi connectivity index (χ0n) is 32.1. The predicted molar refractivity (Wildman–Crippen MR) is 212 cm³/mol. The molecule has 2 aromatic heterocycles. The van der Waals surface area contributed by atoms with Gasteiger partial charge in [-0.1, -0.05) is 12.1 Å². The number of sulfonamides is 1. The Bertz CT molecular complexity index is 2350. The van der Waals surface area contributed by atoms with Crippen LogP contribution in [0.3, 0.4) is 0 Å². The third-order valence-electron chi connectivity index (χ3n) is 10.3. The number of fused-ring (bicyclic) bond motifs is 4. The van der Waals surface area contributed by atoms with Crippen LogP contribution in [0.2, 0.25) is 0 Å². The summed E-state index contributed by atoms with van der Waals surface area (Å²) >= 11 is 0. The molecule has 0 spiro atoms. The van der Waals surface area contributed by atoms with Crippen LogP contribution in [0.5, 0.6) is 5.75 Å². The van der Waals surface area contributed by atoms with Gasteiger partial charge < -0.3 is 19.9 Å². The number of nitrogens with zero attached hydrogens (tertiary/aromatic N) is 7. The number of nitrogens with two attached hydrogens (primary N) is 1. The number of hydrogen-bond acceptors (Lipinski definition) is 13. The van der Waals surface area contributed by atoms with E-state index in [4.69, 9.17) is 15.1 Å². The van der Waals surface area contributed by atoms with Gasteiger partial charge >= 0.3 is 0 Å². The van der Waals surface area contributed by atoms with Crippen LogP contribution in [0, 0.1) is 11.5 Å². The van der Waals surface area contributed by atoms with Crippen molar-refractivity contribution < 1.29 is 26.4 Å². The van der Waals surface area contributed by atoms with Crippen LogP contribution in [0.15, 0.2) is 47.0 Å². The maximum absolute atomic E-state index is 12.7. The highest BCUT2D eigenvalue weighted by atomic mass is 32.2. The Morgan fingerprint density at radius 2 is 1.14 bits per heavy atom. The van der Waals surface area contributed by atoms with Gasteiger partial charge in [0, 0.05) is 33.9 Å². The molecule has 0 bridgehead atoms. The van der Waals surface area contributed by atoms with E-state index in [0.29, 0.717) is 11.6 Å². The standard InChI is InChI=1S/C20H24N4O3S.C13H13NO.C6H10N4O2S/c1-24(2)17-10-21-11-19(22-17)28(26,27)12-18(25)23-20-15-7-3-5-13(15)9-14-6-4-8-16(14)20;14-8-15-13-11-5-1-3-9(11)7-10-4-2-6-12(10)13;1-10(2)5-3-8-4-6(9-5)13(7,11)12/h9-11H,3-8,12H2,1-2H3,(H,23,25);7H,1-6H2;3-4H,1-2H3,(H2,7,11,12). The Morgan fingerprint density at radius 1 is 0.714 bits per heavy atom. The molecular weight excluding hydrogens is 755 g/mol. The zero-order valence-corrected chi connectivity index (χ0v) is 33.8. The van der Waals surface area contributed by atoms with E-state index >= 15 is 0 Å². The second kappa shape index (κ2) is 16.9. The van der Waals surface area contributed by atoms with Gasteiger partial charge in [-0.05, 0) is 122 Å². The maximum atomic E-state index is 12.7. The van der Waals surface area contributed by atoms with Crippen LogP contribution in [0.4, 0.5) is 17.3 Å². The second-order valence-corrected chi connectivity index (χ2v) is 18.1. The first kappa shape index (κ1) is 40.5. The van der Waals surface area contributed by atoms with Gasteiger partial charge in [0.15, 0.2) is 10.1 Å². The fraction of sp³-hybridized carbons (Fsp3) is 0.436. The van der Waals surface area contributed by atoms with E-state index in [1.807, 2.05) is 6.26 Å². The first-order valence-electron chi connectivity index (χ1n) is 18.6. The molecule has 0 aliphatic heterocycles. The highest BCUT2D eigenvalue weighted by Crippen LogP contribution is 2.40. The quantitative estimate of drug-likeness (QED) is 0.244. The highest BCUT2D eigenvalue weighted by Gasteiger charge is 2.28. The van der Waals surface area contributed by atoms with Gasteiger partial charge in [-0.2, -0.15) is 0 Å². The van der Waals surface area contributed by atoms with E-state index in [1.54, 1.807) is 38.0 Å². The second-order valence-electron chi connectivity index (χ2n) is 14.7. The summed E-state index contributed by atoms with van der Waals surface area (Å²) in [5.74, 6) is 0.620. The van der Waals surface area contributed by atoms with Crippen molar-refractivity contribution in [2.24, 2.45) is 5.14 Å². The number of primary sulfonamides is 1. The molecule has 15 nitrogen and oxygen atoms in total. The van der Waals surface area contributed by atoms with Crippen LogP contribution in [-0.2, 0) is 76.0 Å². The van der Waals surface area contributed by atoms with Crippen LogP contribution in [0.1, 0.15) is 70.2 Å². The molecule has 8 rings (SSSR count).